The molecule has 0 aliphatic heterocycles. The molecule has 0 bridgehead atoms. The predicted octanol–water partition coefficient (Wildman–Crippen LogP) is 1.29. The van der Waals surface area contributed by atoms with E-state index >= 15 is 0 Å². The lowest BCUT2D eigenvalue weighted by Crippen LogP contribution is -2.21. The number of hydrogen-bond acceptors (Lipinski definition) is 3. The summed E-state index contributed by atoms with van der Waals surface area (Å²) >= 11 is 0. The zero-order valence-corrected chi connectivity index (χ0v) is 9.23. The summed E-state index contributed by atoms with van der Waals surface area (Å²) in [6.07, 6.45) is 0.0843. The predicted molar refractivity (Wildman–Crippen MR) is 59.1 cm³/mol. The van der Waals surface area contributed by atoms with Crippen LogP contribution in [0.4, 0.5) is 0 Å². The molecule has 0 radical (unpaired) electrons. The second-order valence-electron chi connectivity index (χ2n) is 3.56. The van der Waals surface area contributed by atoms with Crippen molar-refractivity contribution in [2.45, 2.75) is 26.4 Å². The van der Waals surface area contributed by atoms with Gasteiger partial charge >= 0.3 is 0 Å². The Hall–Kier alpha value is -1.06. The van der Waals surface area contributed by atoms with Crippen molar-refractivity contribution in [2.24, 2.45) is 0 Å². The largest absolute Gasteiger partial charge is 0.490 e. The maximum Gasteiger partial charge on any atom is 0.125 e. The van der Waals surface area contributed by atoms with Crippen molar-refractivity contribution in [1.29, 1.82) is 0 Å². The molecule has 0 aromatic heterocycles. The van der Waals surface area contributed by atoms with Gasteiger partial charge < -0.3 is 14.9 Å². The second-order valence-corrected chi connectivity index (χ2v) is 3.56. The van der Waals surface area contributed by atoms with Crippen LogP contribution in [0.5, 0.6) is 5.75 Å². The molecule has 84 valence electrons. The fourth-order valence-electron chi connectivity index (χ4n) is 1.43. The standard InChI is InChI=1S/C12H18O3/c1-3-10-6-4-5-9(2)12(10)15-8-11(14)7-13/h4-6,11,13-14H,3,7-8H2,1-2H3/t11-/m0/s1. The third kappa shape index (κ3) is 3.22. The quantitative estimate of drug-likeness (QED) is 0.770. The fourth-order valence-corrected chi connectivity index (χ4v) is 1.43. The maximum atomic E-state index is 9.20. The third-order valence-corrected chi connectivity index (χ3v) is 2.31. The molecular weight excluding hydrogens is 192 g/mol. The zero-order valence-electron chi connectivity index (χ0n) is 9.23. The zero-order chi connectivity index (χ0) is 11.3. The van der Waals surface area contributed by atoms with Gasteiger partial charge in [0, 0.05) is 0 Å². The van der Waals surface area contributed by atoms with Gasteiger partial charge in [0.15, 0.2) is 0 Å². The molecule has 0 unspecified atom stereocenters. The van der Waals surface area contributed by atoms with E-state index in [1.54, 1.807) is 0 Å². The van der Waals surface area contributed by atoms with Crippen LogP contribution in [0.3, 0.4) is 0 Å². The van der Waals surface area contributed by atoms with Crippen molar-refractivity contribution in [2.75, 3.05) is 13.2 Å². The van der Waals surface area contributed by atoms with Gasteiger partial charge in [-0.3, -0.25) is 0 Å². The number of aliphatic hydroxyl groups is 2. The first kappa shape index (κ1) is 12.0. The van der Waals surface area contributed by atoms with Crippen molar-refractivity contribution in [1.82, 2.24) is 0 Å². The van der Waals surface area contributed by atoms with Crippen LogP contribution in [0.1, 0.15) is 18.1 Å². The fraction of sp³-hybridized carbons (Fsp3) is 0.500. The van der Waals surface area contributed by atoms with Crippen molar-refractivity contribution >= 4 is 0 Å². The van der Waals surface area contributed by atoms with Crippen LogP contribution in [0.15, 0.2) is 18.2 Å². The molecule has 1 aromatic rings. The van der Waals surface area contributed by atoms with Crippen molar-refractivity contribution < 1.29 is 14.9 Å². The van der Waals surface area contributed by atoms with Crippen LogP contribution in [0.25, 0.3) is 0 Å². The summed E-state index contributed by atoms with van der Waals surface area (Å²) in [6.45, 7) is 3.89. The molecule has 1 atom stereocenters. The summed E-state index contributed by atoms with van der Waals surface area (Å²) in [4.78, 5) is 0. The molecule has 1 aromatic carbocycles. The molecule has 0 heterocycles. The van der Waals surface area contributed by atoms with Crippen LogP contribution >= 0.6 is 0 Å². The van der Waals surface area contributed by atoms with E-state index in [0.717, 1.165) is 23.3 Å². The van der Waals surface area contributed by atoms with Crippen LogP contribution in [-0.4, -0.2) is 29.5 Å². The number of para-hydroxylation sites is 1. The molecule has 15 heavy (non-hydrogen) atoms. The number of ether oxygens (including phenoxy) is 1. The smallest absolute Gasteiger partial charge is 0.125 e. The highest BCUT2D eigenvalue weighted by Crippen LogP contribution is 2.23. The van der Waals surface area contributed by atoms with E-state index in [9.17, 15) is 5.11 Å². The van der Waals surface area contributed by atoms with E-state index < -0.39 is 6.10 Å². The van der Waals surface area contributed by atoms with Gasteiger partial charge in [-0.05, 0) is 24.5 Å². The van der Waals surface area contributed by atoms with E-state index in [2.05, 4.69) is 6.92 Å². The second kappa shape index (κ2) is 5.73. The van der Waals surface area contributed by atoms with E-state index in [-0.39, 0.29) is 13.2 Å². The summed E-state index contributed by atoms with van der Waals surface area (Å²) in [5, 5.41) is 17.9. The first-order chi connectivity index (χ1) is 7.19. The van der Waals surface area contributed by atoms with E-state index in [4.69, 9.17) is 9.84 Å². The number of benzene rings is 1. The van der Waals surface area contributed by atoms with Gasteiger partial charge in [0.25, 0.3) is 0 Å². The SMILES string of the molecule is CCc1cccc(C)c1OC[C@@H](O)CO. The molecule has 0 aliphatic rings. The lowest BCUT2D eigenvalue weighted by Gasteiger charge is -2.15. The van der Waals surface area contributed by atoms with Crippen LogP contribution in [-0.2, 0) is 6.42 Å². The Morgan fingerprint density at radius 3 is 2.73 bits per heavy atom. The lowest BCUT2D eigenvalue weighted by atomic mass is 10.1. The first-order valence-electron chi connectivity index (χ1n) is 5.19. The minimum absolute atomic E-state index is 0.133. The summed E-state index contributed by atoms with van der Waals surface area (Å²) < 4.78 is 5.50. The van der Waals surface area contributed by atoms with Gasteiger partial charge in [-0.1, -0.05) is 25.1 Å². The van der Waals surface area contributed by atoms with Gasteiger partial charge in [-0.2, -0.15) is 0 Å². The van der Waals surface area contributed by atoms with Crippen molar-refractivity contribution in [3.8, 4) is 5.75 Å². The number of hydrogen-bond donors (Lipinski definition) is 2. The maximum absolute atomic E-state index is 9.20. The van der Waals surface area contributed by atoms with E-state index in [1.807, 2.05) is 25.1 Å². The Kier molecular flexibility index (Phi) is 4.59. The molecule has 0 saturated carbocycles. The van der Waals surface area contributed by atoms with Gasteiger partial charge in [-0.25, -0.2) is 0 Å². The van der Waals surface area contributed by atoms with Crippen LogP contribution < -0.4 is 4.74 Å². The summed E-state index contributed by atoms with van der Waals surface area (Å²) in [5.41, 5.74) is 2.18. The summed E-state index contributed by atoms with van der Waals surface area (Å²) in [6, 6.07) is 5.97. The molecular formula is C12H18O3. The first-order valence-corrected chi connectivity index (χ1v) is 5.19. The molecule has 2 N–H and O–H groups in total. The summed E-state index contributed by atoms with van der Waals surface area (Å²) in [5.74, 6) is 0.826. The minimum Gasteiger partial charge on any atom is -0.490 e. The molecule has 1 rings (SSSR count). The molecule has 0 aliphatic carbocycles. The topological polar surface area (TPSA) is 49.7 Å². The number of aryl methyl sites for hydroxylation is 2. The Balaban J connectivity index is 2.74. The average molecular weight is 210 g/mol. The highest BCUT2D eigenvalue weighted by atomic mass is 16.5. The van der Waals surface area contributed by atoms with Gasteiger partial charge in [-0.15, -0.1) is 0 Å². The monoisotopic (exact) mass is 210 g/mol. The summed E-state index contributed by atoms with van der Waals surface area (Å²) in [7, 11) is 0. The van der Waals surface area contributed by atoms with Crippen molar-refractivity contribution in [3.05, 3.63) is 29.3 Å². The Morgan fingerprint density at radius 2 is 2.13 bits per heavy atom. The molecule has 0 saturated heterocycles. The van der Waals surface area contributed by atoms with Gasteiger partial charge in [0.1, 0.15) is 18.5 Å². The van der Waals surface area contributed by atoms with Gasteiger partial charge in [0.2, 0.25) is 0 Å². The van der Waals surface area contributed by atoms with Gasteiger partial charge in [0.05, 0.1) is 6.61 Å². The lowest BCUT2D eigenvalue weighted by molar-refractivity contribution is 0.0531. The Morgan fingerprint density at radius 1 is 1.40 bits per heavy atom. The molecule has 0 spiro atoms. The molecule has 0 amide bonds. The number of rotatable bonds is 5. The van der Waals surface area contributed by atoms with Crippen LogP contribution in [0.2, 0.25) is 0 Å². The van der Waals surface area contributed by atoms with Crippen molar-refractivity contribution in [3.63, 3.8) is 0 Å². The number of aliphatic hydroxyl groups excluding tert-OH is 2. The van der Waals surface area contributed by atoms with E-state index in [1.165, 1.54) is 0 Å². The highest BCUT2D eigenvalue weighted by molar-refractivity contribution is 5.40. The Labute approximate surface area is 90.3 Å². The average Bonchev–Trinajstić information content (AvgIpc) is 2.26. The normalized spacial score (nSPS) is 12.5. The molecule has 3 heteroatoms. The minimum atomic E-state index is -0.811. The highest BCUT2D eigenvalue weighted by Gasteiger charge is 2.08. The van der Waals surface area contributed by atoms with Crippen LogP contribution in [0, 0.1) is 6.92 Å². The third-order valence-electron chi connectivity index (χ3n) is 2.31. The Bertz CT molecular complexity index is 310. The molecule has 0 fully saturated rings. The van der Waals surface area contributed by atoms with E-state index in [0.29, 0.717) is 0 Å². The molecule has 3 nitrogen and oxygen atoms in total.